The second kappa shape index (κ2) is 11.3. The van der Waals surface area contributed by atoms with E-state index in [-0.39, 0.29) is 30.0 Å². The molecule has 0 aromatic heterocycles. The molecule has 0 saturated carbocycles. The molecule has 0 unspecified atom stereocenters. The Balaban J connectivity index is 1.78. The van der Waals surface area contributed by atoms with E-state index in [1.54, 1.807) is 0 Å². The van der Waals surface area contributed by atoms with E-state index in [1.807, 2.05) is 44.2 Å². The number of hydrogen-bond acceptors (Lipinski definition) is 6. The summed E-state index contributed by atoms with van der Waals surface area (Å²) in [4.78, 5) is 0. The lowest BCUT2D eigenvalue weighted by molar-refractivity contribution is -0.320. The van der Waals surface area contributed by atoms with Crippen molar-refractivity contribution < 1.29 is 28.5 Å². The van der Waals surface area contributed by atoms with Crippen LogP contribution in [0.25, 0.3) is 0 Å². The van der Waals surface area contributed by atoms with E-state index in [0.717, 1.165) is 12.0 Å². The molecule has 0 amide bonds. The van der Waals surface area contributed by atoms with Gasteiger partial charge < -0.3 is 28.5 Å². The van der Waals surface area contributed by atoms with Gasteiger partial charge in [-0.1, -0.05) is 63.3 Å². The van der Waals surface area contributed by atoms with E-state index in [9.17, 15) is 5.11 Å². The maximum atomic E-state index is 11.3. The minimum absolute atomic E-state index is 0.0398. The zero-order valence-corrected chi connectivity index (χ0v) is 23.0. The minimum Gasteiger partial charge on any atom is -0.411 e. The van der Waals surface area contributed by atoms with E-state index < -0.39 is 26.3 Å². The molecule has 5 atom stereocenters. The molecule has 2 heterocycles. The van der Waals surface area contributed by atoms with Gasteiger partial charge in [0.25, 0.3) is 0 Å². The monoisotopic (exact) mass is 492 g/mol. The van der Waals surface area contributed by atoms with Crippen molar-refractivity contribution in [2.24, 2.45) is 0 Å². The molecule has 7 heteroatoms. The van der Waals surface area contributed by atoms with Gasteiger partial charge in [-0.2, -0.15) is 0 Å². The Morgan fingerprint density at radius 1 is 1.09 bits per heavy atom. The summed E-state index contributed by atoms with van der Waals surface area (Å²) in [6, 6.07) is 9.97. The summed E-state index contributed by atoms with van der Waals surface area (Å²) in [5, 5.41) is 11.3. The largest absolute Gasteiger partial charge is 0.411 e. The number of aliphatic hydroxyl groups excluding tert-OH is 1. The van der Waals surface area contributed by atoms with Gasteiger partial charge in [0.1, 0.15) is 18.3 Å². The molecule has 192 valence electrons. The molecule has 1 aromatic carbocycles. The van der Waals surface area contributed by atoms with Crippen molar-refractivity contribution in [1.29, 1.82) is 0 Å². The van der Waals surface area contributed by atoms with Crippen molar-refractivity contribution in [3.05, 3.63) is 48.0 Å². The van der Waals surface area contributed by atoms with E-state index in [4.69, 9.17) is 23.4 Å². The summed E-state index contributed by atoms with van der Waals surface area (Å²) in [5.41, 5.74) is 1.07. The number of rotatable bonds is 7. The summed E-state index contributed by atoms with van der Waals surface area (Å²) in [5.74, 6) is -0.656. The van der Waals surface area contributed by atoms with E-state index in [2.05, 4.69) is 46.0 Å². The molecule has 2 aliphatic rings. The lowest BCUT2D eigenvalue weighted by Gasteiger charge is -2.45. The van der Waals surface area contributed by atoms with E-state index in [1.165, 1.54) is 0 Å². The van der Waals surface area contributed by atoms with Crippen molar-refractivity contribution >= 4 is 8.32 Å². The van der Waals surface area contributed by atoms with Crippen LogP contribution in [0.5, 0.6) is 0 Å². The Kier molecular flexibility index (Phi) is 9.17. The molecule has 34 heavy (non-hydrogen) atoms. The van der Waals surface area contributed by atoms with Gasteiger partial charge in [0.05, 0.1) is 32.0 Å². The van der Waals surface area contributed by atoms with Crippen LogP contribution in [0.1, 0.15) is 53.0 Å². The molecule has 6 nitrogen and oxygen atoms in total. The molecule has 1 aromatic rings. The van der Waals surface area contributed by atoms with Crippen LogP contribution in [0.15, 0.2) is 42.5 Å². The summed E-state index contributed by atoms with van der Waals surface area (Å²) >= 11 is 0. The summed E-state index contributed by atoms with van der Waals surface area (Å²) < 4.78 is 31.4. The molecule has 1 saturated heterocycles. The molecule has 0 radical (unpaired) electrons. The fourth-order valence-electron chi connectivity index (χ4n) is 4.05. The van der Waals surface area contributed by atoms with Crippen LogP contribution in [-0.4, -0.2) is 62.9 Å². The number of fused-ring (bicyclic) bond motifs is 1. The Morgan fingerprint density at radius 3 is 2.44 bits per heavy atom. The average molecular weight is 493 g/mol. The SMILES string of the molecule is CC1(C)OC[C@@H]2O[C@@H]([C@H](O)COCc3ccccc3)[C@H](O[Si](C)(C)C(C)(C)C)C/C=C\C[C@H]2O1. The molecule has 0 aliphatic carbocycles. The maximum Gasteiger partial charge on any atom is 0.192 e. The van der Waals surface area contributed by atoms with Gasteiger partial charge in [-0.3, -0.25) is 0 Å². The Labute approximate surface area is 206 Å². The lowest BCUT2D eigenvalue weighted by Crippen LogP contribution is -2.56. The van der Waals surface area contributed by atoms with Gasteiger partial charge >= 0.3 is 0 Å². The third-order valence-corrected chi connectivity index (χ3v) is 11.6. The summed E-state index contributed by atoms with van der Waals surface area (Å²) in [7, 11) is -2.11. The van der Waals surface area contributed by atoms with Gasteiger partial charge in [-0.25, -0.2) is 0 Å². The van der Waals surface area contributed by atoms with Gasteiger partial charge in [0.15, 0.2) is 14.1 Å². The van der Waals surface area contributed by atoms with Crippen LogP contribution in [-0.2, 0) is 30.0 Å². The Morgan fingerprint density at radius 2 is 1.76 bits per heavy atom. The smallest absolute Gasteiger partial charge is 0.192 e. The first-order valence-electron chi connectivity index (χ1n) is 12.5. The van der Waals surface area contributed by atoms with E-state index in [0.29, 0.717) is 19.6 Å². The van der Waals surface area contributed by atoms with Crippen LogP contribution < -0.4 is 0 Å². The van der Waals surface area contributed by atoms with Crippen LogP contribution in [0.3, 0.4) is 0 Å². The minimum atomic E-state index is -2.11. The predicted octanol–water partition coefficient (Wildman–Crippen LogP) is 5.21. The van der Waals surface area contributed by atoms with Gasteiger partial charge in [0, 0.05) is 0 Å². The molecule has 0 spiro atoms. The molecular formula is C27H44O6Si. The maximum absolute atomic E-state index is 11.3. The number of aliphatic hydroxyl groups is 1. The first-order valence-corrected chi connectivity index (χ1v) is 15.4. The average Bonchev–Trinajstić information content (AvgIpc) is 2.82. The van der Waals surface area contributed by atoms with Crippen LogP contribution in [0.4, 0.5) is 0 Å². The predicted molar refractivity (Wildman–Crippen MR) is 136 cm³/mol. The van der Waals surface area contributed by atoms with E-state index >= 15 is 0 Å². The summed E-state index contributed by atoms with van der Waals surface area (Å²) in [6.45, 7) is 16.0. The van der Waals surface area contributed by atoms with Crippen LogP contribution in [0, 0.1) is 0 Å². The number of hydrogen-bond donors (Lipinski definition) is 1. The second-order valence-corrected chi connectivity index (χ2v) is 16.2. The lowest BCUT2D eigenvalue weighted by atomic mass is 10.0. The molecule has 0 bridgehead atoms. The molecule has 3 rings (SSSR count). The first kappa shape index (κ1) is 27.5. The van der Waals surface area contributed by atoms with Crippen LogP contribution >= 0.6 is 0 Å². The van der Waals surface area contributed by atoms with Crippen molar-refractivity contribution in [3.8, 4) is 0 Å². The normalized spacial score (nSPS) is 29.9. The first-order chi connectivity index (χ1) is 15.9. The molecule has 1 N–H and O–H groups in total. The van der Waals surface area contributed by atoms with Gasteiger partial charge in [0.2, 0.25) is 0 Å². The highest BCUT2D eigenvalue weighted by molar-refractivity contribution is 6.74. The number of ether oxygens (including phenoxy) is 4. The molecule has 1 fully saturated rings. The summed E-state index contributed by atoms with van der Waals surface area (Å²) in [6.07, 6.45) is 3.54. The fourth-order valence-corrected chi connectivity index (χ4v) is 5.39. The quantitative estimate of drug-likeness (QED) is 0.416. The molecule has 2 aliphatic heterocycles. The highest BCUT2D eigenvalue weighted by atomic mass is 28.4. The van der Waals surface area contributed by atoms with Crippen molar-refractivity contribution in [3.63, 3.8) is 0 Å². The van der Waals surface area contributed by atoms with Gasteiger partial charge in [-0.15, -0.1) is 0 Å². The Bertz CT molecular complexity index is 788. The number of benzene rings is 1. The second-order valence-electron chi connectivity index (χ2n) is 11.4. The third kappa shape index (κ3) is 7.47. The highest BCUT2D eigenvalue weighted by Crippen LogP contribution is 2.39. The standard InChI is InChI=1S/C27H44O6Si/c1-26(2,3)34(6,7)33-23-16-12-11-15-22-24(19-30-27(4,5)32-22)31-25(23)21(28)18-29-17-20-13-9-8-10-14-20/h8-14,21-25,28H,15-19H2,1-7H3/b12-11-/t21-,22-,23-,24+,25+/m1/s1. The zero-order valence-electron chi connectivity index (χ0n) is 22.0. The fraction of sp³-hybridized carbons (Fsp3) is 0.704. The van der Waals surface area contributed by atoms with Crippen LogP contribution in [0.2, 0.25) is 18.1 Å². The van der Waals surface area contributed by atoms with Crippen molar-refractivity contribution in [2.75, 3.05) is 13.2 Å². The topological polar surface area (TPSA) is 66.4 Å². The molecular weight excluding hydrogens is 448 g/mol. The van der Waals surface area contributed by atoms with Crippen molar-refractivity contribution in [1.82, 2.24) is 0 Å². The Hall–Kier alpha value is -1.06. The van der Waals surface area contributed by atoms with Crippen molar-refractivity contribution in [2.45, 2.75) is 109 Å². The van der Waals surface area contributed by atoms with Gasteiger partial charge in [-0.05, 0) is 50.4 Å². The third-order valence-electron chi connectivity index (χ3n) is 7.08. The zero-order chi connectivity index (χ0) is 25.0. The highest BCUT2D eigenvalue weighted by Gasteiger charge is 2.45.